The summed E-state index contributed by atoms with van der Waals surface area (Å²) in [6.07, 6.45) is 2.40. The topological polar surface area (TPSA) is 48.1 Å². The largest absolute Gasteiger partial charge is 0.351 e. The quantitative estimate of drug-likeness (QED) is 0.772. The summed E-state index contributed by atoms with van der Waals surface area (Å²) in [6.45, 7) is 5.11. The van der Waals surface area contributed by atoms with Crippen LogP contribution in [-0.4, -0.2) is 41.5 Å². The summed E-state index contributed by atoms with van der Waals surface area (Å²) < 4.78 is 0. The number of likely N-dealkylation sites (N-methyl/N-ethyl adjacent to an activating group) is 1. The van der Waals surface area contributed by atoms with Crippen LogP contribution >= 0.6 is 0 Å². The Kier molecular flexibility index (Phi) is 3.98. The van der Waals surface area contributed by atoms with Gasteiger partial charge < -0.3 is 10.3 Å². The zero-order chi connectivity index (χ0) is 16.5. The van der Waals surface area contributed by atoms with Crippen molar-refractivity contribution in [1.82, 2.24) is 15.2 Å². The van der Waals surface area contributed by atoms with Crippen LogP contribution in [0.3, 0.4) is 0 Å². The first-order valence-electron chi connectivity index (χ1n) is 8.79. The van der Waals surface area contributed by atoms with Gasteiger partial charge in [0.15, 0.2) is 0 Å². The van der Waals surface area contributed by atoms with Crippen molar-refractivity contribution in [1.29, 1.82) is 0 Å². The van der Waals surface area contributed by atoms with E-state index in [1.165, 1.54) is 23.6 Å². The minimum Gasteiger partial charge on any atom is -0.351 e. The standard InChI is InChI=1S/C20H23N3O/c1-2-23-11-5-7-15(23)13-21-20(24)19-12-17-16-8-4-3-6-14(16)9-10-18(17)22-19/h3-4,6,8-10,12,15,22H,2,5,7,11,13H2,1H3,(H,21,24)/t15-/m0/s1. The van der Waals surface area contributed by atoms with Gasteiger partial charge in [0.05, 0.1) is 0 Å². The van der Waals surface area contributed by atoms with E-state index in [0.29, 0.717) is 11.7 Å². The van der Waals surface area contributed by atoms with Crippen LogP contribution in [0.15, 0.2) is 42.5 Å². The van der Waals surface area contributed by atoms with Gasteiger partial charge in [-0.3, -0.25) is 9.69 Å². The van der Waals surface area contributed by atoms with Crippen molar-refractivity contribution in [3.05, 3.63) is 48.2 Å². The lowest BCUT2D eigenvalue weighted by atomic mass is 10.1. The number of aromatic amines is 1. The van der Waals surface area contributed by atoms with E-state index >= 15 is 0 Å². The van der Waals surface area contributed by atoms with Crippen LogP contribution in [0.1, 0.15) is 30.3 Å². The summed E-state index contributed by atoms with van der Waals surface area (Å²) in [5, 5.41) is 6.58. The van der Waals surface area contributed by atoms with Crippen molar-refractivity contribution >= 4 is 27.6 Å². The van der Waals surface area contributed by atoms with Crippen LogP contribution in [0.5, 0.6) is 0 Å². The number of fused-ring (bicyclic) bond motifs is 3. The van der Waals surface area contributed by atoms with Gasteiger partial charge in [-0.05, 0) is 48.8 Å². The number of hydrogen-bond donors (Lipinski definition) is 2. The molecule has 2 aromatic carbocycles. The number of H-pyrrole nitrogens is 1. The Balaban J connectivity index is 1.55. The first kappa shape index (κ1) is 15.2. The smallest absolute Gasteiger partial charge is 0.267 e. The molecule has 0 spiro atoms. The Morgan fingerprint density at radius 2 is 2.12 bits per heavy atom. The number of aromatic nitrogens is 1. The molecule has 4 heteroatoms. The minimum absolute atomic E-state index is 0.0155. The maximum atomic E-state index is 12.5. The second kappa shape index (κ2) is 6.29. The summed E-state index contributed by atoms with van der Waals surface area (Å²) >= 11 is 0. The number of carbonyl (C=O) groups is 1. The van der Waals surface area contributed by atoms with Crippen LogP contribution in [0.25, 0.3) is 21.7 Å². The highest BCUT2D eigenvalue weighted by atomic mass is 16.1. The summed E-state index contributed by atoms with van der Waals surface area (Å²) in [5.74, 6) is -0.0155. The van der Waals surface area contributed by atoms with Gasteiger partial charge in [0, 0.05) is 23.5 Å². The SMILES string of the molecule is CCN1CCC[C@H]1CNC(=O)c1cc2c(ccc3ccccc32)[nH]1. The van der Waals surface area contributed by atoms with Gasteiger partial charge in [0.1, 0.15) is 5.69 Å². The Hall–Kier alpha value is -2.33. The van der Waals surface area contributed by atoms with E-state index in [0.717, 1.165) is 30.5 Å². The Bertz CT molecular complexity index is 883. The molecule has 4 rings (SSSR count). The van der Waals surface area contributed by atoms with Crippen molar-refractivity contribution < 1.29 is 4.79 Å². The van der Waals surface area contributed by atoms with Crippen molar-refractivity contribution in [2.75, 3.05) is 19.6 Å². The van der Waals surface area contributed by atoms with E-state index in [1.54, 1.807) is 0 Å². The highest BCUT2D eigenvalue weighted by Gasteiger charge is 2.23. The normalized spacial score (nSPS) is 18.5. The summed E-state index contributed by atoms with van der Waals surface area (Å²) in [7, 11) is 0. The summed E-state index contributed by atoms with van der Waals surface area (Å²) in [6, 6.07) is 14.9. The summed E-state index contributed by atoms with van der Waals surface area (Å²) in [5.41, 5.74) is 1.65. The predicted molar refractivity (Wildman–Crippen MR) is 98.4 cm³/mol. The van der Waals surface area contributed by atoms with Gasteiger partial charge >= 0.3 is 0 Å². The maximum Gasteiger partial charge on any atom is 0.267 e. The lowest BCUT2D eigenvalue weighted by molar-refractivity contribution is 0.0937. The van der Waals surface area contributed by atoms with Gasteiger partial charge in [-0.2, -0.15) is 0 Å². The van der Waals surface area contributed by atoms with E-state index in [2.05, 4.69) is 40.3 Å². The van der Waals surface area contributed by atoms with E-state index in [-0.39, 0.29) is 5.91 Å². The molecule has 0 saturated carbocycles. The Labute approximate surface area is 141 Å². The van der Waals surface area contributed by atoms with Crippen molar-refractivity contribution in [3.8, 4) is 0 Å². The van der Waals surface area contributed by atoms with Gasteiger partial charge in [-0.1, -0.05) is 37.3 Å². The van der Waals surface area contributed by atoms with Gasteiger partial charge in [-0.25, -0.2) is 0 Å². The zero-order valence-electron chi connectivity index (χ0n) is 14.0. The van der Waals surface area contributed by atoms with Crippen molar-refractivity contribution in [3.63, 3.8) is 0 Å². The molecule has 1 aliphatic heterocycles. The van der Waals surface area contributed by atoms with E-state index in [9.17, 15) is 4.79 Å². The van der Waals surface area contributed by atoms with Gasteiger partial charge in [-0.15, -0.1) is 0 Å². The number of amides is 1. The molecule has 4 nitrogen and oxygen atoms in total. The number of benzene rings is 2. The molecule has 124 valence electrons. The molecule has 0 bridgehead atoms. The molecule has 1 saturated heterocycles. The van der Waals surface area contributed by atoms with Crippen LogP contribution in [0.4, 0.5) is 0 Å². The Morgan fingerprint density at radius 1 is 1.25 bits per heavy atom. The minimum atomic E-state index is -0.0155. The van der Waals surface area contributed by atoms with E-state index in [4.69, 9.17) is 0 Å². The third-order valence-electron chi connectivity index (χ3n) is 5.18. The zero-order valence-corrected chi connectivity index (χ0v) is 14.0. The van der Waals surface area contributed by atoms with Crippen LogP contribution < -0.4 is 5.32 Å². The number of likely N-dealkylation sites (tertiary alicyclic amines) is 1. The highest BCUT2D eigenvalue weighted by Crippen LogP contribution is 2.26. The molecular formula is C20H23N3O. The average Bonchev–Trinajstić information content (AvgIpc) is 3.26. The average molecular weight is 321 g/mol. The van der Waals surface area contributed by atoms with Crippen LogP contribution in [-0.2, 0) is 0 Å². The van der Waals surface area contributed by atoms with Gasteiger partial charge in [0.2, 0.25) is 0 Å². The molecular weight excluding hydrogens is 298 g/mol. The van der Waals surface area contributed by atoms with Crippen molar-refractivity contribution in [2.24, 2.45) is 0 Å². The number of rotatable bonds is 4. The van der Waals surface area contributed by atoms with Crippen LogP contribution in [0, 0.1) is 0 Å². The molecule has 1 atom stereocenters. The number of hydrogen-bond acceptors (Lipinski definition) is 2. The second-order valence-electron chi connectivity index (χ2n) is 6.57. The monoisotopic (exact) mass is 321 g/mol. The summed E-state index contributed by atoms with van der Waals surface area (Å²) in [4.78, 5) is 18.2. The Morgan fingerprint density at radius 3 is 3.00 bits per heavy atom. The van der Waals surface area contributed by atoms with Crippen molar-refractivity contribution in [2.45, 2.75) is 25.8 Å². The number of nitrogens with one attached hydrogen (secondary N) is 2. The second-order valence-corrected chi connectivity index (χ2v) is 6.57. The third kappa shape index (κ3) is 2.67. The molecule has 2 heterocycles. The molecule has 0 unspecified atom stereocenters. The molecule has 2 N–H and O–H groups in total. The fourth-order valence-electron chi connectivity index (χ4n) is 3.86. The fraction of sp³-hybridized carbons (Fsp3) is 0.350. The van der Waals surface area contributed by atoms with Crippen LogP contribution in [0.2, 0.25) is 0 Å². The van der Waals surface area contributed by atoms with E-state index < -0.39 is 0 Å². The van der Waals surface area contributed by atoms with Gasteiger partial charge in [0.25, 0.3) is 5.91 Å². The fourth-order valence-corrected chi connectivity index (χ4v) is 3.86. The molecule has 0 aliphatic carbocycles. The predicted octanol–water partition coefficient (Wildman–Crippen LogP) is 3.54. The molecule has 1 fully saturated rings. The third-order valence-corrected chi connectivity index (χ3v) is 5.18. The highest BCUT2D eigenvalue weighted by molar-refractivity contribution is 6.09. The first-order chi connectivity index (χ1) is 11.8. The lowest BCUT2D eigenvalue weighted by Gasteiger charge is -2.22. The molecule has 24 heavy (non-hydrogen) atoms. The number of nitrogens with zero attached hydrogens (tertiary/aromatic N) is 1. The lowest BCUT2D eigenvalue weighted by Crippen LogP contribution is -2.40. The molecule has 1 aliphatic rings. The molecule has 3 aromatic rings. The molecule has 1 aromatic heterocycles. The first-order valence-corrected chi connectivity index (χ1v) is 8.79. The molecule has 1 amide bonds. The molecule has 0 radical (unpaired) electrons. The number of carbonyl (C=O) groups excluding carboxylic acids is 1. The maximum absolute atomic E-state index is 12.5. The van der Waals surface area contributed by atoms with E-state index in [1.807, 2.05) is 24.3 Å².